The minimum Gasteiger partial charge on any atom is -0.345 e. The van der Waals surface area contributed by atoms with E-state index in [1.54, 1.807) is 12.5 Å². The Labute approximate surface area is 99.3 Å². The number of Topliss-reactive ketones (excluding diaryl/α,β-unsaturated/α-hetero) is 1. The molecule has 0 bridgehead atoms. The van der Waals surface area contributed by atoms with Crippen molar-refractivity contribution in [3.63, 3.8) is 0 Å². The third-order valence-corrected chi connectivity index (χ3v) is 3.17. The standard InChI is InChI=1S/C13H13N3O/c17-13-3-1-2-12-11(13)5-7-16(12)8-10-4-6-14-9-15-10/h4-7,9H,1-3,8H2. The fourth-order valence-corrected chi connectivity index (χ4v) is 2.32. The maximum atomic E-state index is 11.7. The first-order valence-electron chi connectivity index (χ1n) is 5.81. The lowest BCUT2D eigenvalue weighted by Crippen LogP contribution is -2.13. The number of aromatic nitrogens is 3. The van der Waals surface area contributed by atoms with E-state index in [0.717, 1.165) is 29.8 Å². The van der Waals surface area contributed by atoms with Crippen LogP contribution in [0.15, 0.2) is 30.9 Å². The van der Waals surface area contributed by atoms with E-state index in [-0.39, 0.29) is 5.78 Å². The minimum absolute atomic E-state index is 0.271. The minimum atomic E-state index is 0.271. The van der Waals surface area contributed by atoms with Gasteiger partial charge in [0, 0.05) is 30.1 Å². The summed E-state index contributed by atoms with van der Waals surface area (Å²) in [6.45, 7) is 0.713. The summed E-state index contributed by atoms with van der Waals surface area (Å²) in [6, 6.07) is 3.83. The Morgan fingerprint density at radius 3 is 3.06 bits per heavy atom. The molecule has 0 atom stereocenters. The first-order valence-corrected chi connectivity index (χ1v) is 5.81. The number of ketones is 1. The van der Waals surface area contributed by atoms with E-state index < -0.39 is 0 Å². The van der Waals surface area contributed by atoms with Crippen LogP contribution in [0.5, 0.6) is 0 Å². The highest BCUT2D eigenvalue weighted by Gasteiger charge is 2.20. The molecule has 2 heterocycles. The molecule has 86 valence electrons. The molecule has 17 heavy (non-hydrogen) atoms. The van der Waals surface area contributed by atoms with E-state index in [9.17, 15) is 4.79 Å². The smallest absolute Gasteiger partial charge is 0.164 e. The Balaban J connectivity index is 1.92. The lowest BCUT2D eigenvalue weighted by molar-refractivity contribution is 0.0972. The number of carbonyl (C=O) groups is 1. The number of hydrogen-bond acceptors (Lipinski definition) is 3. The van der Waals surface area contributed by atoms with Gasteiger partial charge < -0.3 is 4.57 Å². The molecule has 0 spiro atoms. The van der Waals surface area contributed by atoms with Crippen molar-refractivity contribution in [2.45, 2.75) is 25.8 Å². The van der Waals surface area contributed by atoms with Gasteiger partial charge >= 0.3 is 0 Å². The van der Waals surface area contributed by atoms with Crippen molar-refractivity contribution in [1.82, 2.24) is 14.5 Å². The fourth-order valence-electron chi connectivity index (χ4n) is 2.32. The molecule has 0 aliphatic heterocycles. The summed E-state index contributed by atoms with van der Waals surface area (Å²) >= 11 is 0. The zero-order valence-electron chi connectivity index (χ0n) is 9.47. The Bertz CT molecular complexity index is 545. The van der Waals surface area contributed by atoms with Crippen LogP contribution >= 0.6 is 0 Å². The lowest BCUT2D eigenvalue weighted by atomic mass is 9.97. The summed E-state index contributed by atoms with van der Waals surface area (Å²) in [5.41, 5.74) is 3.02. The molecule has 3 rings (SSSR count). The van der Waals surface area contributed by atoms with Gasteiger partial charge in [0.05, 0.1) is 12.2 Å². The van der Waals surface area contributed by atoms with Gasteiger partial charge in [-0.15, -0.1) is 0 Å². The highest BCUT2D eigenvalue weighted by Crippen LogP contribution is 2.22. The van der Waals surface area contributed by atoms with Crippen LogP contribution in [0.25, 0.3) is 0 Å². The molecule has 2 aromatic heterocycles. The first kappa shape index (κ1) is 10.2. The van der Waals surface area contributed by atoms with Gasteiger partial charge in [-0.05, 0) is 25.0 Å². The average molecular weight is 227 g/mol. The molecule has 0 amide bonds. The highest BCUT2D eigenvalue weighted by atomic mass is 16.1. The molecule has 2 aromatic rings. The second-order valence-corrected chi connectivity index (χ2v) is 4.28. The molecule has 0 saturated carbocycles. The molecule has 4 heteroatoms. The summed E-state index contributed by atoms with van der Waals surface area (Å²) in [5, 5.41) is 0. The molecule has 4 nitrogen and oxygen atoms in total. The number of carbonyl (C=O) groups excluding carboxylic acids is 1. The molecule has 0 aromatic carbocycles. The van der Waals surface area contributed by atoms with Crippen LogP contribution in [-0.2, 0) is 13.0 Å². The Morgan fingerprint density at radius 2 is 2.24 bits per heavy atom. The molecule has 1 aliphatic carbocycles. The maximum Gasteiger partial charge on any atom is 0.164 e. The van der Waals surface area contributed by atoms with Crippen molar-refractivity contribution in [2.24, 2.45) is 0 Å². The summed E-state index contributed by atoms with van der Waals surface area (Å²) in [6.07, 6.45) is 7.90. The van der Waals surface area contributed by atoms with Gasteiger partial charge in [-0.3, -0.25) is 4.79 Å². The Hall–Kier alpha value is -1.97. The number of fused-ring (bicyclic) bond motifs is 1. The second kappa shape index (κ2) is 4.13. The van der Waals surface area contributed by atoms with Gasteiger partial charge in [0.25, 0.3) is 0 Å². The van der Waals surface area contributed by atoms with Crippen LogP contribution < -0.4 is 0 Å². The predicted octanol–water partition coefficient (Wildman–Crippen LogP) is 1.85. The van der Waals surface area contributed by atoms with Crippen LogP contribution in [0.4, 0.5) is 0 Å². The highest BCUT2D eigenvalue weighted by molar-refractivity contribution is 5.98. The van der Waals surface area contributed by atoms with Crippen molar-refractivity contribution in [3.8, 4) is 0 Å². The molecule has 0 N–H and O–H groups in total. The Morgan fingerprint density at radius 1 is 1.29 bits per heavy atom. The first-order chi connectivity index (χ1) is 8.34. The second-order valence-electron chi connectivity index (χ2n) is 4.28. The quantitative estimate of drug-likeness (QED) is 0.786. The number of nitrogens with zero attached hydrogens (tertiary/aromatic N) is 3. The topological polar surface area (TPSA) is 47.8 Å². The zero-order valence-corrected chi connectivity index (χ0v) is 9.47. The Kier molecular flexibility index (Phi) is 2.48. The lowest BCUT2D eigenvalue weighted by Gasteiger charge is -2.14. The molecule has 0 fully saturated rings. The zero-order chi connectivity index (χ0) is 11.7. The molecular formula is C13H13N3O. The largest absolute Gasteiger partial charge is 0.345 e. The molecular weight excluding hydrogens is 214 g/mol. The third kappa shape index (κ3) is 1.86. The van der Waals surface area contributed by atoms with Crippen LogP contribution in [0, 0.1) is 0 Å². The maximum absolute atomic E-state index is 11.7. The predicted molar refractivity (Wildman–Crippen MR) is 62.8 cm³/mol. The van der Waals surface area contributed by atoms with Gasteiger partial charge in [0.1, 0.15) is 6.33 Å². The summed E-state index contributed by atoms with van der Waals surface area (Å²) in [5.74, 6) is 0.271. The molecule has 0 unspecified atom stereocenters. The van der Waals surface area contributed by atoms with Gasteiger partial charge in [-0.1, -0.05) is 0 Å². The number of rotatable bonds is 2. The SMILES string of the molecule is O=C1CCCc2c1ccn2Cc1ccncn1. The van der Waals surface area contributed by atoms with E-state index in [1.165, 1.54) is 0 Å². The van der Waals surface area contributed by atoms with Crippen LogP contribution in [-0.4, -0.2) is 20.3 Å². The number of hydrogen-bond donors (Lipinski definition) is 0. The van der Waals surface area contributed by atoms with E-state index in [1.807, 2.05) is 18.3 Å². The van der Waals surface area contributed by atoms with E-state index in [4.69, 9.17) is 0 Å². The van der Waals surface area contributed by atoms with Crippen molar-refractivity contribution in [1.29, 1.82) is 0 Å². The van der Waals surface area contributed by atoms with Gasteiger partial charge in [-0.25, -0.2) is 9.97 Å². The van der Waals surface area contributed by atoms with Crippen LogP contribution in [0.3, 0.4) is 0 Å². The van der Waals surface area contributed by atoms with Gasteiger partial charge in [0.2, 0.25) is 0 Å². The van der Waals surface area contributed by atoms with Crippen molar-refractivity contribution >= 4 is 5.78 Å². The van der Waals surface area contributed by atoms with E-state index in [0.29, 0.717) is 13.0 Å². The normalized spacial score (nSPS) is 14.7. The summed E-state index contributed by atoms with van der Waals surface area (Å²) in [7, 11) is 0. The molecule has 1 aliphatic rings. The van der Waals surface area contributed by atoms with Gasteiger partial charge in [-0.2, -0.15) is 0 Å². The third-order valence-electron chi connectivity index (χ3n) is 3.17. The monoisotopic (exact) mass is 227 g/mol. The van der Waals surface area contributed by atoms with Crippen molar-refractivity contribution in [2.75, 3.05) is 0 Å². The van der Waals surface area contributed by atoms with Crippen molar-refractivity contribution in [3.05, 3.63) is 47.8 Å². The molecule has 0 radical (unpaired) electrons. The summed E-state index contributed by atoms with van der Waals surface area (Å²) in [4.78, 5) is 19.8. The van der Waals surface area contributed by atoms with Gasteiger partial charge in [0.15, 0.2) is 5.78 Å². The van der Waals surface area contributed by atoms with Crippen molar-refractivity contribution < 1.29 is 4.79 Å². The summed E-state index contributed by atoms with van der Waals surface area (Å²) < 4.78 is 2.12. The van der Waals surface area contributed by atoms with E-state index >= 15 is 0 Å². The average Bonchev–Trinajstić information content (AvgIpc) is 2.76. The van der Waals surface area contributed by atoms with Crippen LogP contribution in [0.1, 0.15) is 34.6 Å². The van der Waals surface area contributed by atoms with Crippen LogP contribution in [0.2, 0.25) is 0 Å². The van der Waals surface area contributed by atoms with E-state index in [2.05, 4.69) is 14.5 Å². The fraction of sp³-hybridized carbons (Fsp3) is 0.308. The molecule has 0 saturated heterocycles.